The third-order valence-electron chi connectivity index (χ3n) is 2.43. The van der Waals surface area contributed by atoms with Crippen molar-refractivity contribution in [3.05, 3.63) is 42.7 Å². The number of anilines is 2. The summed E-state index contributed by atoms with van der Waals surface area (Å²) in [5.41, 5.74) is 0.223. The van der Waals surface area contributed by atoms with Crippen LogP contribution in [0.5, 0.6) is 5.75 Å². The van der Waals surface area contributed by atoms with E-state index in [0.29, 0.717) is 11.6 Å². The van der Waals surface area contributed by atoms with Gasteiger partial charge in [0, 0.05) is 13.1 Å². The Kier molecular flexibility index (Phi) is 4.56. The van der Waals surface area contributed by atoms with Gasteiger partial charge in [0.2, 0.25) is 0 Å². The quantitative estimate of drug-likeness (QED) is 0.775. The standard InChI is InChI=1S/C13H11N7O2/c1-3-22-9-4-10(19-20-12(9)13(21)15-2)18-11-7-16-8(5-14)6-17-11/h3-4,6-7H,1H2,2H3,(H,15,21)(H,17,18,19). The minimum atomic E-state index is -0.436. The second-order valence-corrected chi connectivity index (χ2v) is 3.83. The van der Waals surface area contributed by atoms with Crippen molar-refractivity contribution < 1.29 is 9.53 Å². The smallest absolute Gasteiger partial charge is 0.275 e. The number of aromatic nitrogens is 4. The van der Waals surface area contributed by atoms with Gasteiger partial charge >= 0.3 is 0 Å². The molecule has 0 aromatic carbocycles. The van der Waals surface area contributed by atoms with Crippen molar-refractivity contribution in [1.82, 2.24) is 25.5 Å². The first-order valence-corrected chi connectivity index (χ1v) is 6.04. The highest BCUT2D eigenvalue weighted by atomic mass is 16.5. The fourth-order valence-corrected chi connectivity index (χ4v) is 1.47. The van der Waals surface area contributed by atoms with Crippen molar-refractivity contribution in [1.29, 1.82) is 5.26 Å². The molecule has 0 aliphatic heterocycles. The van der Waals surface area contributed by atoms with Gasteiger partial charge in [-0.05, 0) is 0 Å². The fraction of sp³-hybridized carbons (Fsp3) is 0.0769. The van der Waals surface area contributed by atoms with E-state index in [-0.39, 0.29) is 17.1 Å². The second kappa shape index (κ2) is 6.76. The van der Waals surface area contributed by atoms with Gasteiger partial charge in [-0.2, -0.15) is 5.26 Å². The van der Waals surface area contributed by atoms with E-state index in [1.165, 1.54) is 31.8 Å². The zero-order valence-electron chi connectivity index (χ0n) is 11.6. The first kappa shape index (κ1) is 14.9. The van der Waals surface area contributed by atoms with Gasteiger partial charge in [-0.25, -0.2) is 9.97 Å². The molecular formula is C13H11N7O2. The first-order chi connectivity index (χ1) is 10.7. The summed E-state index contributed by atoms with van der Waals surface area (Å²) in [5, 5.41) is 21.6. The summed E-state index contributed by atoms with van der Waals surface area (Å²) in [7, 11) is 1.47. The van der Waals surface area contributed by atoms with E-state index in [1.807, 2.05) is 6.07 Å². The molecule has 2 N–H and O–H groups in total. The molecule has 0 spiro atoms. The molecule has 0 fully saturated rings. The number of hydrogen-bond acceptors (Lipinski definition) is 8. The van der Waals surface area contributed by atoms with E-state index in [9.17, 15) is 4.79 Å². The van der Waals surface area contributed by atoms with Crippen molar-refractivity contribution in [2.75, 3.05) is 12.4 Å². The molecule has 2 heterocycles. The van der Waals surface area contributed by atoms with E-state index in [0.717, 1.165) is 0 Å². The summed E-state index contributed by atoms with van der Waals surface area (Å²) in [6, 6.07) is 3.34. The normalized spacial score (nSPS) is 9.45. The first-order valence-electron chi connectivity index (χ1n) is 6.04. The molecule has 110 valence electrons. The minimum Gasteiger partial charge on any atom is -0.463 e. The predicted molar refractivity (Wildman–Crippen MR) is 76.3 cm³/mol. The molecule has 0 saturated heterocycles. The van der Waals surface area contributed by atoms with Crippen LogP contribution in [0.2, 0.25) is 0 Å². The molecule has 0 atom stereocenters. The van der Waals surface area contributed by atoms with Crippen LogP contribution in [0, 0.1) is 11.3 Å². The summed E-state index contributed by atoms with van der Waals surface area (Å²) in [6.07, 6.45) is 3.87. The Morgan fingerprint density at radius 1 is 1.36 bits per heavy atom. The van der Waals surface area contributed by atoms with E-state index in [2.05, 4.69) is 37.4 Å². The van der Waals surface area contributed by atoms with Gasteiger partial charge in [0.1, 0.15) is 11.9 Å². The van der Waals surface area contributed by atoms with Gasteiger partial charge in [-0.1, -0.05) is 6.58 Å². The average molecular weight is 297 g/mol. The lowest BCUT2D eigenvalue weighted by Gasteiger charge is -2.08. The van der Waals surface area contributed by atoms with Crippen molar-refractivity contribution in [3.63, 3.8) is 0 Å². The summed E-state index contributed by atoms with van der Waals surface area (Å²) >= 11 is 0. The summed E-state index contributed by atoms with van der Waals surface area (Å²) in [4.78, 5) is 19.5. The molecule has 0 saturated carbocycles. The van der Waals surface area contributed by atoms with Crippen LogP contribution in [0.3, 0.4) is 0 Å². The molecule has 22 heavy (non-hydrogen) atoms. The molecule has 2 aromatic heterocycles. The van der Waals surface area contributed by atoms with Crippen LogP contribution >= 0.6 is 0 Å². The van der Waals surface area contributed by atoms with Crippen LogP contribution in [-0.2, 0) is 0 Å². The van der Waals surface area contributed by atoms with Crippen LogP contribution in [0.4, 0.5) is 11.6 Å². The van der Waals surface area contributed by atoms with Crippen molar-refractivity contribution in [2.45, 2.75) is 0 Å². The SMILES string of the molecule is C=COc1cc(Nc2cnc(C#N)cn2)nnc1C(=O)NC. The summed E-state index contributed by atoms with van der Waals surface area (Å²) in [6.45, 7) is 3.44. The number of rotatable bonds is 5. The Balaban J connectivity index is 2.27. The van der Waals surface area contributed by atoms with Gasteiger partial charge in [-0.15, -0.1) is 10.2 Å². The van der Waals surface area contributed by atoms with E-state index < -0.39 is 5.91 Å². The predicted octanol–water partition coefficient (Wildman–Crippen LogP) is 0.764. The highest BCUT2D eigenvalue weighted by molar-refractivity contribution is 5.94. The molecule has 9 nitrogen and oxygen atoms in total. The molecule has 0 aliphatic rings. The fourth-order valence-electron chi connectivity index (χ4n) is 1.47. The lowest BCUT2D eigenvalue weighted by atomic mass is 10.3. The Labute approximate surface area is 125 Å². The number of nitriles is 1. The number of amides is 1. The topological polar surface area (TPSA) is 126 Å². The second-order valence-electron chi connectivity index (χ2n) is 3.83. The summed E-state index contributed by atoms with van der Waals surface area (Å²) < 4.78 is 5.16. The third-order valence-corrected chi connectivity index (χ3v) is 2.43. The van der Waals surface area contributed by atoms with Gasteiger partial charge in [0.15, 0.2) is 23.0 Å². The number of nitrogens with zero attached hydrogens (tertiary/aromatic N) is 5. The Morgan fingerprint density at radius 3 is 2.77 bits per heavy atom. The molecule has 9 heteroatoms. The maximum atomic E-state index is 11.6. The highest BCUT2D eigenvalue weighted by Gasteiger charge is 2.15. The van der Waals surface area contributed by atoms with Gasteiger partial charge in [0.05, 0.1) is 18.7 Å². The van der Waals surface area contributed by atoms with Gasteiger partial charge in [0.25, 0.3) is 5.91 Å². The number of carbonyl (C=O) groups is 1. The molecule has 2 aromatic rings. The minimum absolute atomic E-state index is 0.0267. The van der Waals surface area contributed by atoms with Gasteiger partial charge in [-0.3, -0.25) is 4.79 Å². The van der Waals surface area contributed by atoms with Crippen LogP contribution in [0.25, 0.3) is 0 Å². The van der Waals surface area contributed by atoms with E-state index >= 15 is 0 Å². The Morgan fingerprint density at radius 2 is 2.18 bits per heavy atom. The van der Waals surface area contributed by atoms with E-state index in [1.54, 1.807) is 0 Å². The number of ether oxygens (including phenoxy) is 1. The summed E-state index contributed by atoms with van der Waals surface area (Å²) in [5.74, 6) is 0.413. The van der Waals surface area contributed by atoms with Crippen molar-refractivity contribution >= 4 is 17.5 Å². The Bertz CT molecular complexity index is 737. The van der Waals surface area contributed by atoms with Crippen molar-refractivity contribution in [3.8, 4) is 11.8 Å². The van der Waals surface area contributed by atoms with Crippen molar-refractivity contribution in [2.24, 2.45) is 0 Å². The molecule has 0 bridgehead atoms. The molecule has 0 radical (unpaired) electrons. The number of carbonyl (C=O) groups excluding carboxylic acids is 1. The Hall–Kier alpha value is -3.54. The zero-order chi connectivity index (χ0) is 15.9. The van der Waals surface area contributed by atoms with E-state index in [4.69, 9.17) is 10.00 Å². The number of nitrogens with one attached hydrogen (secondary N) is 2. The maximum Gasteiger partial charge on any atom is 0.275 e. The molecular weight excluding hydrogens is 286 g/mol. The largest absolute Gasteiger partial charge is 0.463 e. The van der Waals surface area contributed by atoms with Crippen LogP contribution < -0.4 is 15.4 Å². The zero-order valence-corrected chi connectivity index (χ0v) is 11.6. The van der Waals surface area contributed by atoms with Gasteiger partial charge < -0.3 is 15.4 Å². The lowest BCUT2D eigenvalue weighted by Crippen LogP contribution is -2.20. The highest BCUT2D eigenvalue weighted by Crippen LogP contribution is 2.21. The number of hydrogen-bond donors (Lipinski definition) is 2. The molecule has 1 amide bonds. The van der Waals surface area contributed by atoms with Crippen LogP contribution in [-0.4, -0.2) is 33.1 Å². The van der Waals surface area contributed by atoms with Crippen LogP contribution in [0.1, 0.15) is 16.2 Å². The lowest BCUT2D eigenvalue weighted by molar-refractivity contribution is 0.0954. The third kappa shape index (κ3) is 3.31. The average Bonchev–Trinajstić information content (AvgIpc) is 2.55. The maximum absolute atomic E-state index is 11.6. The molecule has 0 unspecified atom stereocenters. The van der Waals surface area contributed by atoms with Crippen LogP contribution in [0.15, 0.2) is 31.3 Å². The monoisotopic (exact) mass is 297 g/mol. The molecule has 2 rings (SSSR count). The molecule has 0 aliphatic carbocycles.